The molecule has 0 spiro atoms. The fourth-order valence-electron chi connectivity index (χ4n) is 3.04. The number of aromatic nitrogens is 1. The minimum Gasteiger partial charge on any atom is -0.491 e. The Hall–Kier alpha value is -3.66. The van der Waals surface area contributed by atoms with Crippen molar-refractivity contribution in [2.24, 2.45) is 11.7 Å². The van der Waals surface area contributed by atoms with E-state index in [9.17, 15) is 14.4 Å². The number of pyridine rings is 1. The molecular formula is C22H25ClN4O6. The highest BCUT2D eigenvalue weighted by atomic mass is 35.5. The summed E-state index contributed by atoms with van der Waals surface area (Å²) in [4.78, 5) is 36.9. The summed E-state index contributed by atoms with van der Waals surface area (Å²) in [7, 11) is 2.53. The van der Waals surface area contributed by atoms with Gasteiger partial charge < -0.3 is 25.3 Å². The number of rotatable bonds is 7. The largest absolute Gasteiger partial charge is 0.491 e. The lowest BCUT2D eigenvalue weighted by Gasteiger charge is -2.12. The summed E-state index contributed by atoms with van der Waals surface area (Å²) < 4.78 is 14.3. The SMILES string of the molecule is COC(=O)C[C@@H]1C[C@@H](COc2ccc(-c3ccc(C(=N)N)cn3)cc2)NC1=O.COC(=O)Cl. The van der Waals surface area contributed by atoms with Crippen LogP contribution in [0.3, 0.4) is 0 Å². The number of nitrogens with zero attached hydrogens (tertiary/aromatic N) is 1. The van der Waals surface area contributed by atoms with Crippen molar-refractivity contribution in [3.63, 3.8) is 0 Å². The minimum atomic E-state index is -0.773. The molecule has 4 N–H and O–H groups in total. The zero-order valence-electron chi connectivity index (χ0n) is 18.2. The molecule has 1 fully saturated rings. The van der Waals surface area contributed by atoms with Gasteiger partial charge in [-0.3, -0.25) is 20.0 Å². The van der Waals surface area contributed by atoms with E-state index in [0.29, 0.717) is 24.3 Å². The van der Waals surface area contributed by atoms with Crippen LogP contribution in [0.2, 0.25) is 0 Å². The molecule has 1 aromatic heterocycles. The summed E-state index contributed by atoms with van der Waals surface area (Å²) in [5.74, 6) is -0.241. The van der Waals surface area contributed by atoms with Gasteiger partial charge in [0, 0.05) is 28.9 Å². The van der Waals surface area contributed by atoms with Crippen LogP contribution in [0.25, 0.3) is 11.3 Å². The molecule has 3 rings (SSSR count). The second-order valence-electron chi connectivity index (χ2n) is 7.04. The fourth-order valence-corrected chi connectivity index (χ4v) is 3.04. The minimum absolute atomic E-state index is 0.0179. The molecule has 1 aromatic carbocycles. The number of nitrogens with one attached hydrogen (secondary N) is 2. The molecule has 2 aromatic rings. The second-order valence-corrected chi connectivity index (χ2v) is 7.35. The zero-order chi connectivity index (χ0) is 24.4. The lowest BCUT2D eigenvalue weighted by molar-refractivity contribution is -0.143. The summed E-state index contributed by atoms with van der Waals surface area (Å²) in [5, 5.41) is 10.2. The van der Waals surface area contributed by atoms with Crippen LogP contribution in [0.5, 0.6) is 5.75 Å². The summed E-state index contributed by atoms with van der Waals surface area (Å²) in [6, 6.07) is 10.9. The Balaban J connectivity index is 0.000000696. The highest BCUT2D eigenvalue weighted by Gasteiger charge is 2.34. The van der Waals surface area contributed by atoms with E-state index in [1.54, 1.807) is 12.3 Å². The van der Waals surface area contributed by atoms with Gasteiger partial charge in [-0.05, 0) is 42.8 Å². The average molecular weight is 477 g/mol. The first-order valence-corrected chi connectivity index (χ1v) is 10.3. The topological polar surface area (TPSA) is 154 Å². The maximum atomic E-state index is 11.9. The summed E-state index contributed by atoms with van der Waals surface area (Å²) >= 11 is 4.60. The monoisotopic (exact) mass is 476 g/mol. The Morgan fingerprint density at radius 2 is 1.85 bits per heavy atom. The third-order valence-corrected chi connectivity index (χ3v) is 4.92. The molecule has 176 valence electrons. The number of methoxy groups -OCH3 is 2. The average Bonchev–Trinajstić information content (AvgIpc) is 3.17. The van der Waals surface area contributed by atoms with Gasteiger partial charge in [-0.15, -0.1) is 0 Å². The number of carbonyl (C=O) groups is 3. The molecule has 11 heteroatoms. The van der Waals surface area contributed by atoms with Crippen molar-refractivity contribution in [3.05, 3.63) is 48.2 Å². The van der Waals surface area contributed by atoms with Crippen molar-refractivity contribution in [1.82, 2.24) is 10.3 Å². The first-order chi connectivity index (χ1) is 15.7. The number of halogens is 1. The van der Waals surface area contributed by atoms with Crippen LogP contribution >= 0.6 is 11.6 Å². The predicted molar refractivity (Wildman–Crippen MR) is 121 cm³/mol. The number of amidine groups is 1. The summed E-state index contributed by atoms with van der Waals surface area (Å²) in [6.07, 6.45) is 2.19. The van der Waals surface area contributed by atoms with E-state index in [2.05, 4.69) is 31.4 Å². The van der Waals surface area contributed by atoms with Crippen molar-refractivity contribution < 1.29 is 28.6 Å². The van der Waals surface area contributed by atoms with E-state index in [0.717, 1.165) is 11.3 Å². The zero-order valence-corrected chi connectivity index (χ0v) is 18.9. The van der Waals surface area contributed by atoms with Crippen molar-refractivity contribution in [2.75, 3.05) is 20.8 Å². The molecule has 33 heavy (non-hydrogen) atoms. The van der Waals surface area contributed by atoms with Gasteiger partial charge in [0.1, 0.15) is 18.2 Å². The maximum Gasteiger partial charge on any atom is 0.403 e. The van der Waals surface area contributed by atoms with Crippen molar-refractivity contribution >= 4 is 34.7 Å². The highest BCUT2D eigenvalue weighted by molar-refractivity contribution is 6.61. The van der Waals surface area contributed by atoms with E-state index in [1.807, 2.05) is 30.3 Å². The first kappa shape index (κ1) is 25.6. The van der Waals surface area contributed by atoms with Gasteiger partial charge in [-0.25, -0.2) is 4.79 Å². The molecule has 2 heterocycles. The fraction of sp³-hybridized carbons (Fsp3) is 0.318. The van der Waals surface area contributed by atoms with Gasteiger partial charge in [-0.2, -0.15) is 0 Å². The number of nitrogen functional groups attached to an aromatic ring is 1. The molecule has 10 nitrogen and oxygen atoms in total. The van der Waals surface area contributed by atoms with Gasteiger partial charge >= 0.3 is 11.4 Å². The van der Waals surface area contributed by atoms with Crippen LogP contribution in [-0.2, 0) is 19.1 Å². The van der Waals surface area contributed by atoms with Crippen LogP contribution in [0.4, 0.5) is 4.79 Å². The van der Waals surface area contributed by atoms with Gasteiger partial charge in [-0.1, -0.05) is 0 Å². The first-order valence-electron chi connectivity index (χ1n) is 9.87. The number of hydrogen-bond donors (Lipinski definition) is 3. The van der Waals surface area contributed by atoms with Crippen molar-refractivity contribution in [2.45, 2.75) is 18.9 Å². The lowest BCUT2D eigenvalue weighted by Crippen LogP contribution is -2.31. The van der Waals surface area contributed by atoms with E-state index in [4.69, 9.17) is 15.9 Å². The molecule has 0 aliphatic carbocycles. The number of hydrogen-bond acceptors (Lipinski definition) is 8. The molecule has 1 aliphatic heterocycles. The Kier molecular flexibility index (Phi) is 9.62. The highest BCUT2D eigenvalue weighted by Crippen LogP contribution is 2.23. The van der Waals surface area contributed by atoms with Crippen LogP contribution in [0, 0.1) is 11.3 Å². The molecule has 0 saturated carbocycles. The van der Waals surface area contributed by atoms with E-state index in [-0.39, 0.29) is 36.1 Å². The molecule has 1 aliphatic rings. The van der Waals surface area contributed by atoms with Crippen molar-refractivity contribution in [1.29, 1.82) is 5.41 Å². The van der Waals surface area contributed by atoms with Crippen LogP contribution < -0.4 is 15.8 Å². The van der Waals surface area contributed by atoms with Crippen molar-refractivity contribution in [3.8, 4) is 17.0 Å². The van der Waals surface area contributed by atoms with Crippen LogP contribution in [0.15, 0.2) is 42.6 Å². The van der Waals surface area contributed by atoms with Gasteiger partial charge in [0.15, 0.2) is 0 Å². The predicted octanol–water partition coefficient (Wildman–Crippen LogP) is 2.47. The lowest BCUT2D eigenvalue weighted by atomic mass is 10.0. The summed E-state index contributed by atoms with van der Waals surface area (Å²) in [6.45, 7) is 0.328. The third kappa shape index (κ3) is 8.08. The molecule has 0 unspecified atom stereocenters. The Morgan fingerprint density at radius 3 is 2.36 bits per heavy atom. The molecule has 1 saturated heterocycles. The standard InChI is InChI=1S/C20H22N4O4.C2H3ClO2/c1-27-18(25)9-14-8-15(24-20(14)26)11-28-16-5-2-12(3-6-16)17-7-4-13(10-23-17)19(21)22;1-5-2(3)4/h2-7,10,14-15H,8-9,11H2,1H3,(H3,21,22)(H,24,26);1H3/t14-,15-;/m0./s1. The van der Waals surface area contributed by atoms with Crippen LogP contribution in [0.1, 0.15) is 18.4 Å². The molecule has 1 amide bonds. The number of ether oxygens (including phenoxy) is 3. The quantitative estimate of drug-likeness (QED) is 0.238. The number of benzene rings is 1. The Bertz CT molecular complexity index is 981. The van der Waals surface area contributed by atoms with E-state index >= 15 is 0 Å². The Morgan fingerprint density at radius 1 is 1.18 bits per heavy atom. The van der Waals surface area contributed by atoms with Gasteiger partial charge in [0.25, 0.3) is 0 Å². The molecule has 0 radical (unpaired) electrons. The van der Waals surface area contributed by atoms with Gasteiger partial charge in [0.05, 0.1) is 38.3 Å². The maximum absolute atomic E-state index is 11.9. The van der Waals surface area contributed by atoms with Crippen LogP contribution in [-0.4, -0.2) is 55.0 Å². The normalized spacial score (nSPS) is 16.6. The number of amides is 1. The molecule has 2 atom stereocenters. The van der Waals surface area contributed by atoms with E-state index in [1.165, 1.54) is 14.2 Å². The third-order valence-electron chi connectivity index (χ3n) is 4.76. The smallest absolute Gasteiger partial charge is 0.403 e. The molecular weight excluding hydrogens is 452 g/mol. The number of nitrogens with two attached hydrogens (primary N) is 1. The van der Waals surface area contributed by atoms with Gasteiger partial charge in [0.2, 0.25) is 5.91 Å². The number of carbonyl (C=O) groups excluding carboxylic acids is 3. The molecule has 0 bridgehead atoms. The van der Waals surface area contributed by atoms with E-state index < -0.39 is 5.43 Å². The number of esters is 1. The second kappa shape index (κ2) is 12.4. The Labute approximate surface area is 195 Å². The summed E-state index contributed by atoms with van der Waals surface area (Å²) in [5.41, 5.74) is 6.92.